The van der Waals surface area contributed by atoms with Gasteiger partial charge in [0.2, 0.25) is 5.16 Å². The molecule has 2 aromatic rings. The first kappa shape index (κ1) is 12.7. The predicted octanol–water partition coefficient (Wildman–Crippen LogP) is 2.40. The minimum atomic E-state index is 0.813. The van der Waals surface area contributed by atoms with Gasteiger partial charge in [-0.05, 0) is 31.9 Å². The monoisotopic (exact) mass is 277 g/mol. The molecule has 1 fully saturated rings. The first-order valence-corrected chi connectivity index (χ1v) is 8.09. The molecule has 1 saturated heterocycles. The molecule has 102 valence electrons. The quantitative estimate of drug-likeness (QED) is 0.806. The van der Waals surface area contributed by atoms with E-state index in [0.717, 1.165) is 41.8 Å². The molecule has 3 heterocycles. The number of imidazole rings is 1. The van der Waals surface area contributed by atoms with Crippen molar-refractivity contribution in [3.63, 3.8) is 0 Å². The van der Waals surface area contributed by atoms with Crippen molar-refractivity contribution in [1.82, 2.24) is 19.6 Å². The summed E-state index contributed by atoms with van der Waals surface area (Å²) in [6, 6.07) is 0. The van der Waals surface area contributed by atoms with E-state index in [1.165, 1.54) is 19.3 Å². The van der Waals surface area contributed by atoms with Crippen LogP contribution in [0.3, 0.4) is 0 Å². The van der Waals surface area contributed by atoms with Gasteiger partial charge in [0, 0.05) is 13.1 Å². The Bertz CT molecular complexity index is 574. The molecule has 0 aliphatic carbocycles. The molecule has 19 heavy (non-hydrogen) atoms. The van der Waals surface area contributed by atoms with Gasteiger partial charge in [0.15, 0.2) is 11.5 Å². The maximum absolute atomic E-state index is 4.69. The predicted molar refractivity (Wildman–Crippen MR) is 78.0 cm³/mol. The molecule has 5 nitrogen and oxygen atoms in total. The van der Waals surface area contributed by atoms with Gasteiger partial charge < -0.3 is 4.90 Å². The molecule has 0 atom stereocenters. The SMILES string of the molecule is CCc1cn2nc(SC)nc(N3CCCCC3)c2n1. The zero-order valence-electron chi connectivity index (χ0n) is 11.5. The molecule has 0 radical (unpaired) electrons. The third-order valence-electron chi connectivity index (χ3n) is 3.53. The van der Waals surface area contributed by atoms with Gasteiger partial charge in [-0.2, -0.15) is 4.98 Å². The number of fused-ring (bicyclic) bond motifs is 1. The third kappa shape index (κ3) is 2.41. The Labute approximate surface area is 117 Å². The van der Waals surface area contributed by atoms with Gasteiger partial charge in [0.05, 0.1) is 11.9 Å². The van der Waals surface area contributed by atoms with Crippen LogP contribution in [0.2, 0.25) is 0 Å². The smallest absolute Gasteiger partial charge is 0.209 e. The Morgan fingerprint density at radius 1 is 1.21 bits per heavy atom. The van der Waals surface area contributed by atoms with Crippen molar-refractivity contribution in [2.45, 2.75) is 37.8 Å². The lowest BCUT2D eigenvalue weighted by molar-refractivity contribution is 0.569. The van der Waals surface area contributed by atoms with Crippen LogP contribution in [0.5, 0.6) is 0 Å². The Kier molecular flexibility index (Phi) is 3.59. The number of nitrogens with zero attached hydrogens (tertiary/aromatic N) is 5. The number of hydrogen-bond donors (Lipinski definition) is 0. The molecule has 0 aromatic carbocycles. The lowest BCUT2D eigenvalue weighted by atomic mass is 10.1. The highest BCUT2D eigenvalue weighted by molar-refractivity contribution is 7.98. The molecule has 2 aromatic heterocycles. The molecule has 0 N–H and O–H groups in total. The summed E-state index contributed by atoms with van der Waals surface area (Å²) in [6.07, 6.45) is 8.76. The van der Waals surface area contributed by atoms with Crippen molar-refractivity contribution in [2.24, 2.45) is 0 Å². The standard InChI is InChI=1S/C13H19N5S/c1-3-10-9-18-12(14-10)11(15-13(16-18)19-2)17-7-5-4-6-8-17/h9H,3-8H2,1-2H3. The Morgan fingerprint density at radius 2 is 2.00 bits per heavy atom. The van der Waals surface area contributed by atoms with Crippen molar-refractivity contribution in [2.75, 3.05) is 24.2 Å². The van der Waals surface area contributed by atoms with Crippen LogP contribution in [0, 0.1) is 0 Å². The molecular weight excluding hydrogens is 258 g/mol. The van der Waals surface area contributed by atoms with E-state index in [2.05, 4.69) is 26.9 Å². The van der Waals surface area contributed by atoms with Crippen molar-refractivity contribution >= 4 is 23.2 Å². The second-order valence-electron chi connectivity index (χ2n) is 4.82. The van der Waals surface area contributed by atoms with Crippen LogP contribution in [0.25, 0.3) is 5.65 Å². The summed E-state index contributed by atoms with van der Waals surface area (Å²) < 4.78 is 1.89. The Hall–Kier alpha value is -1.30. The number of anilines is 1. The fourth-order valence-corrected chi connectivity index (χ4v) is 2.82. The maximum atomic E-state index is 4.69. The van der Waals surface area contributed by atoms with Crippen LogP contribution in [0.1, 0.15) is 31.9 Å². The van der Waals surface area contributed by atoms with Crippen LogP contribution in [-0.2, 0) is 6.42 Å². The molecule has 1 aliphatic rings. The number of hydrogen-bond acceptors (Lipinski definition) is 5. The minimum absolute atomic E-state index is 0.813. The van der Waals surface area contributed by atoms with Crippen LogP contribution < -0.4 is 4.90 Å². The molecule has 0 amide bonds. The van der Waals surface area contributed by atoms with E-state index < -0.39 is 0 Å². The van der Waals surface area contributed by atoms with Crippen LogP contribution in [0.15, 0.2) is 11.4 Å². The van der Waals surface area contributed by atoms with E-state index in [1.807, 2.05) is 17.0 Å². The summed E-state index contributed by atoms with van der Waals surface area (Å²) in [7, 11) is 0. The number of piperidine rings is 1. The van der Waals surface area contributed by atoms with Crippen molar-refractivity contribution in [3.8, 4) is 0 Å². The molecule has 0 saturated carbocycles. The first-order valence-electron chi connectivity index (χ1n) is 6.87. The lowest BCUT2D eigenvalue weighted by Gasteiger charge is -2.27. The molecular formula is C13H19N5S. The summed E-state index contributed by atoms with van der Waals surface area (Å²) in [4.78, 5) is 11.7. The summed E-state index contributed by atoms with van der Waals surface area (Å²) in [5.41, 5.74) is 1.97. The van der Waals surface area contributed by atoms with Gasteiger partial charge in [-0.15, -0.1) is 5.10 Å². The zero-order valence-corrected chi connectivity index (χ0v) is 12.3. The van der Waals surface area contributed by atoms with E-state index in [9.17, 15) is 0 Å². The van der Waals surface area contributed by atoms with E-state index in [1.54, 1.807) is 11.8 Å². The van der Waals surface area contributed by atoms with Crippen molar-refractivity contribution < 1.29 is 0 Å². The molecule has 0 bridgehead atoms. The van der Waals surface area contributed by atoms with Gasteiger partial charge in [-0.3, -0.25) is 0 Å². The highest BCUT2D eigenvalue weighted by Gasteiger charge is 2.18. The van der Waals surface area contributed by atoms with Crippen LogP contribution in [0.4, 0.5) is 5.82 Å². The van der Waals surface area contributed by atoms with Gasteiger partial charge in [0.25, 0.3) is 0 Å². The zero-order chi connectivity index (χ0) is 13.2. The summed E-state index contributed by atoms with van der Waals surface area (Å²) in [5, 5.41) is 5.31. The van der Waals surface area contributed by atoms with Crippen molar-refractivity contribution in [3.05, 3.63) is 11.9 Å². The van der Waals surface area contributed by atoms with Gasteiger partial charge in [0.1, 0.15) is 0 Å². The number of aryl methyl sites for hydroxylation is 1. The topological polar surface area (TPSA) is 46.3 Å². The lowest BCUT2D eigenvalue weighted by Crippen LogP contribution is -2.31. The van der Waals surface area contributed by atoms with Gasteiger partial charge in [-0.1, -0.05) is 18.7 Å². The highest BCUT2D eigenvalue weighted by atomic mass is 32.2. The molecule has 3 rings (SSSR count). The van der Waals surface area contributed by atoms with E-state index >= 15 is 0 Å². The number of rotatable bonds is 3. The normalized spacial score (nSPS) is 16.2. The average Bonchev–Trinajstić information content (AvgIpc) is 2.90. The molecule has 1 aliphatic heterocycles. The highest BCUT2D eigenvalue weighted by Crippen LogP contribution is 2.24. The fourth-order valence-electron chi connectivity index (χ4n) is 2.48. The maximum Gasteiger partial charge on any atom is 0.209 e. The fraction of sp³-hybridized carbons (Fsp3) is 0.615. The minimum Gasteiger partial charge on any atom is -0.353 e. The molecule has 0 unspecified atom stereocenters. The molecule has 0 spiro atoms. The summed E-state index contributed by atoms with van der Waals surface area (Å²) >= 11 is 1.58. The number of thioether (sulfide) groups is 1. The third-order valence-corrected chi connectivity index (χ3v) is 4.07. The molecule has 6 heteroatoms. The van der Waals surface area contributed by atoms with Crippen LogP contribution in [-0.4, -0.2) is 38.9 Å². The second kappa shape index (κ2) is 5.36. The van der Waals surface area contributed by atoms with Crippen LogP contribution >= 0.6 is 11.8 Å². The van der Waals surface area contributed by atoms with Crippen molar-refractivity contribution in [1.29, 1.82) is 0 Å². The average molecular weight is 277 g/mol. The summed E-state index contributed by atoms with van der Waals surface area (Å²) in [5.74, 6) is 0.999. The largest absolute Gasteiger partial charge is 0.353 e. The van der Waals surface area contributed by atoms with E-state index in [0.29, 0.717) is 0 Å². The Morgan fingerprint density at radius 3 is 2.68 bits per heavy atom. The van der Waals surface area contributed by atoms with Gasteiger partial charge >= 0.3 is 0 Å². The summed E-state index contributed by atoms with van der Waals surface area (Å²) in [6.45, 7) is 4.27. The first-order chi connectivity index (χ1) is 9.31. The van der Waals surface area contributed by atoms with E-state index in [-0.39, 0.29) is 0 Å². The Balaban J connectivity index is 2.11. The number of aromatic nitrogens is 4. The second-order valence-corrected chi connectivity index (χ2v) is 5.60. The van der Waals surface area contributed by atoms with E-state index in [4.69, 9.17) is 0 Å². The van der Waals surface area contributed by atoms with Gasteiger partial charge in [-0.25, -0.2) is 9.50 Å².